The number of ether oxygens (including phenoxy) is 4. The van der Waals surface area contributed by atoms with Crippen molar-refractivity contribution in [2.24, 2.45) is 5.92 Å². The predicted molar refractivity (Wildman–Crippen MR) is 170 cm³/mol. The highest BCUT2D eigenvalue weighted by Crippen LogP contribution is 2.33. The van der Waals surface area contributed by atoms with Gasteiger partial charge in [0.25, 0.3) is 10.0 Å². The third-order valence-corrected chi connectivity index (χ3v) is 10.1. The van der Waals surface area contributed by atoms with Crippen molar-refractivity contribution in [3.8, 4) is 0 Å². The highest BCUT2D eigenvalue weighted by molar-refractivity contribution is 7.89. The van der Waals surface area contributed by atoms with Crippen LogP contribution in [-0.2, 0) is 40.2 Å². The standard InChI is InChI=1S/C32H44N4O10S/c1-42-31(38)34-16-15-33-23-10-7-13-25(19-23)47(40,41)36(46-24-11-5-6-12-24)20-28(37)27(18-22-8-3-2-4-9-22)35-32(39)45-29-21-44-30-26(29)14-17-43-30/h2-4,7-10,13,19,24,26-30,33,37H,5-6,11-12,14-18,20-21H2,1H3,(H,34,38)(H,35,39)/t26?,27-,28+,29?,30?/m0/s1. The van der Waals surface area contributed by atoms with E-state index in [1.807, 2.05) is 30.3 Å². The van der Waals surface area contributed by atoms with E-state index in [2.05, 4.69) is 20.7 Å². The Labute approximate surface area is 275 Å². The first kappa shape index (κ1) is 34.9. The third kappa shape index (κ3) is 9.55. The number of amides is 2. The number of sulfonamides is 1. The van der Waals surface area contributed by atoms with Gasteiger partial charge in [0.15, 0.2) is 6.29 Å². The van der Waals surface area contributed by atoms with Crippen molar-refractivity contribution >= 4 is 27.9 Å². The number of anilines is 1. The zero-order valence-electron chi connectivity index (χ0n) is 26.4. The summed E-state index contributed by atoms with van der Waals surface area (Å²) in [5.41, 5.74) is 1.34. The minimum atomic E-state index is -4.27. The minimum Gasteiger partial charge on any atom is -0.453 e. The molecular formula is C32H44N4O10S. The summed E-state index contributed by atoms with van der Waals surface area (Å²) in [7, 11) is -3.00. The summed E-state index contributed by atoms with van der Waals surface area (Å²) in [6.07, 6.45) is 0.209. The Morgan fingerprint density at radius 2 is 1.81 bits per heavy atom. The van der Waals surface area contributed by atoms with E-state index >= 15 is 0 Å². The number of methoxy groups -OCH3 is 1. The molecule has 5 atom stereocenters. The number of hydrogen-bond acceptors (Lipinski definition) is 11. The van der Waals surface area contributed by atoms with Crippen LogP contribution in [-0.4, -0.2) is 101 Å². The number of carbonyl (C=O) groups excluding carboxylic acids is 2. The molecule has 2 amide bonds. The van der Waals surface area contributed by atoms with Gasteiger partial charge in [-0.3, -0.25) is 4.84 Å². The van der Waals surface area contributed by atoms with Crippen molar-refractivity contribution in [1.29, 1.82) is 0 Å². The number of aliphatic hydroxyl groups is 1. The molecule has 0 bridgehead atoms. The van der Waals surface area contributed by atoms with Crippen LogP contribution in [0.25, 0.3) is 0 Å². The summed E-state index contributed by atoms with van der Waals surface area (Å²) < 4.78 is 50.3. The van der Waals surface area contributed by atoms with Gasteiger partial charge in [-0.25, -0.2) is 18.0 Å². The topological polar surface area (TPSA) is 174 Å². The highest BCUT2D eigenvalue weighted by Gasteiger charge is 2.44. The summed E-state index contributed by atoms with van der Waals surface area (Å²) in [6.45, 7) is 0.884. The second-order valence-electron chi connectivity index (χ2n) is 11.9. The summed E-state index contributed by atoms with van der Waals surface area (Å²) in [5.74, 6) is -0.0620. The van der Waals surface area contributed by atoms with Crippen LogP contribution in [0.15, 0.2) is 59.5 Å². The van der Waals surface area contributed by atoms with E-state index in [-0.39, 0.29) is 36.5 Å². The Balaban J connectivity index is 1.31. The lowest BCUT2D eigenvalue weighted by Gasteiger charge is -2.31. The van der Waals surface area contributed by atoms with E-state index in [0.717, 1.165) is 22.9 Å². The molecule has 14 nitrogen and oxygen atoms in total. The SMILES string of the molecule is COC(=O)NCCNc1cccc(S(=O)(=O)N(C[C@@H](O)[C@H](Cc2ccccc2)NC(=O)OC2COC3OCCC23)OC2CCCC2)c1. The molecule has 47 heavy (non-hydrogen) atoms. The minimum absolute atomic E-state index is 0.0461. The molecule has 2 saturated heterocycles. The first-order chi connectivity index (χ1) is 22.7. The highest BCUT2D eigenvalue weighted by atomic mass is 32.2. The first-order valence-corrected chi connectivity index (χ1v) is 17.4. The fraction of sp³-hybridized carbons (Fsp3) is 0.562. The average Bonchev–Trinajstić information content (AvgIpc) is 3.84. The molecule has 3 unspecified atom stereocenters. The number of fused-ring (bicyclic) bond motifs is 1. The van der Waals surface area contributed by atoms with Crippen LogP contribution in [0.5, 0.6) is 0 Å². The van der Waals surface area contributed by atoms with Gasteiger partial charge in [0, 0.05) is 18.8 Å². The summed E-state index contributed by atoms with van der Waals surface area (Å²) >= 11 is 0. The van der Waals surface area contributed by atoms with Crippen LogP contribution in [0.2, 0.25) is 0 Å². The Hall–Kier alpha value is -3.47. The Morgan fingerprint density at radius 1 is 1.02 bits per heavy atom. The van der Waals surface area contributed by atoms with Crippen LogP contribution in [0.4, 0.5) is 15.3 Å². The molecule has 3 fully saturated rings. The van der Waals surface area contributed by atoms with E-state index < -0.39 is 53.3 Å². The fourth-order valence-corrected chi connectivity index (χ4v) is 7.33. The van der Waals surface area contributed by atoms with E-state index in [1.54, 1.807) is 12.1 Å². The number of nitrogens with zero attached hydrogens (tertiary/aromatic N) is 1. The van der Waals surface area contributed by atoms with Gasteiger partial charge in [0.2, 0.25) is 0 Å². The normalized spacial score (nSPS) is 22.4. The molecule has 2 heterocycles. The Morgan fingerprint density at radius 3 is 2.57 bits per heavy atom. The fourth-order valence-electron chi connectivity index (χ4n) is 5.99. The van der Waals surface area contributed by atoms with E-state index in [0.29, 0.717) is 38.1 Å². The Bertz CT molecular complexity index is 1430. The maximum absolute atomic E-state index is 14.1. The number of nitrogens with one attached hydrogen (secondary N) is 3. The van der Waals surface area contributed by atoms with Crippen LogP contribution >= 0.6 is 0 Å². The molecule has 2 aliphatic heterocycles. The second-order valence-corrected chi connectivity index (χ2v) is 13.7. The number of carbonyl (C=O) groups is 2. The smallest absolute Gasteiger partial charge is 0.407 e. The molecule has 0 spiro atoms. The molecule has 0 aromatic heterocycles. The molecule has 2 aromatic rings. The van der Waals surface area contributed by atoms with Gasteiger partial charge in [0.1, 0.15) is 6.10 Å². The molecule has 3 aliphatic rings. The molecule has 4 N–H and O–H groups in total. The molecular weight excluding hydrogens is 632 g/mol. The summed E-state index contributed by atoms with van der Waals surface area (Å²) in [4.78, 5) is 30.5. The number of hydrogen-bond donors (Lipinski definition) is 4. The van der Waals surface area contributed by atoms with Crippen molar-refractivity contribution in [3.63, 3.8) is 0 Å². The Kier molecular flexibility index (Phi) is 12.3. The van der Waals surface area contributed by atoms with E-state index in [1.165, 1.54) is 19.2 Å². The monoisotopic (exact) mass is 676 g/mol. The van der Waals surface area contributed by atoms with Crippen molar-refractivity contribution in [2.75, 3.05) is 45.3 Å². The van der Waals surface area contributed by atoms with Gasteiger partial charge in [-0.1, -0.05) is 53.7 Å². The molecule has 2 aromatic carbocycles. The van der Waals surface area contributed by atoms with Crippen molar-refractivity contribution < 1.29 is 46.9 Å². The number of rotatable bonds is 15. The lowest BCUT2D eigenvalue weighted by atomic mass is 10.0. The molecule has 258 valence electrons. The number of benzene rings is 2. The van der Waals surface area contributed by atoms with E-state index in [9.17, 15) is 23.1 Å². The molecule has 1 saturated carbocycles. The number of hydroxylamine groups is 1. The quantitative estimate of drug-likeness (QED) is 0.161. The van der Waals surface area contributed by atoms with Gasteiger partial charge < -0.3 is 40.0 Å². The molecule has 0 radical (unpaired) electrons. The summed E-state index contributed by atoms with van der Waals surface area (Å²) in [5, 5.41) is 20.0. The average molecular weight is 677 g/mol. The predicted octanol–water partition coefficient (Wildman–Crippen LogP) is 2.78. The lowest BCUT2D eigenvalue weighted by Crippen LogP contribution is -2.51. The van der Waals surface area contributed by atoms with Crippen molar-refractivity contribution in [2.45, 2.75) is 74.1 Å². The van der Waals surface area contributed by atoms with Gasteiger partial charge in [-0.15, -0.1) is 0 Å². The first-order valence-electron chi connectivity index (χ1n) is 16.0. The molecule has 15 heteroatoms. The zero-order chi connectivity index (χ0) is 33.2. The zero-order valence-corrected chi connectivity index (χ0v) is 27.2. The molecule has 1 aliphatic carbocycles. The van der Waals surface area contributed by atoms with Crippen LogP contribution in [0, 0.1) is 5.92 Å². The maximum atomic E-state index is 14.1. The maximum Gasteiger partial charge on any atom is 0.407 e. The van der Waals surface area contributed by atoms with Gasteiger partial charge in [-0.05, 0) is 49.4 Å². The largest absolute Gasteiger partial charge is 0.453 e. The lowest BCUT2D eigenvalue weighted by molar-refractivity contribution is -0.145. The molecule has 5 rings (SSSR count). The van der Waals surface area contributed by atoms with Gasteiger partial charge in [0.05, 0.1) is 55.9 Å². The van der Waals surface area contributed by atoms with Gasteiger partial charge in [-0.2, -0.15) is 0 Å². The van der Waals surface area contributed by atoms with Crippen LogP contribution in [0.3, 0.4) is 0 Å². The number of alkyl carbamates (subject to hydrolysis) is 2. The third-order valence-electron chi connectivity index (χ3n) is 8.52. The van der Waals surface area contributed by atoms with Gasteiger partial charge >= 0.3 is 12.2 Å². The van der Waals surface area contributed by atoms with Crippen molar-refractivity contribution in [1.82, 2.24) is 15.1 Å². The van der Waals surface area contributed by atoms with Crippen LogP contribution in [0.1, 0.15) is 37.7 Å². The van der Waals surface area contributed by atoms with E-state index in [4.69, 9.17) is 19.0 Å². The van der Waals surface area contributed by atoms with Crippen LogP contribution < -0.4 is 16.0 Å². The number of aliphatic hydroxyl groups excluding tert-OH is 1. The van der Waals surface area contributed by atoms with Crippen molar-refractivity contribution in [3.05, 3.63) is 60.2 Å². The summed E-state index contributed by atoms with van der Waals surface area (Å²) in [6, 6.07) is 14.6. The second kappa shape index (κ2) is 16.6.